The predicted octanol–water partition coefficient (Wildman–Crippen LogP) is 0.628. The van der Waals surface area contributed by atoms with Gasteiger partial charge in [0.1, 0.15) is 5.52 Å². The molecule has 108 valence electrons. The highest BCUT2D eigenvalue weighted by atomic mass is 15.2. The van der Waals surface area contributed by atoms with Crippen LogP contribution in [-0.4, -0.2) is 70.7 Å². The first-order chi connectivity index (χ1) is 9.74. The third-order valence-corrected chi connectivity index (χ3v) is 3.96. The maximum atomic E-state index is 4.41. The number of likely N-dealkylation sites (N-methyl/N-ethyl adjacent to an activating group) is 1. The van der Waals surface area contributed by atoms with Crippen LogP contribution in [0.25, 0.3) is 11.0 Å². The van der Waals surface area contributed by atoms with Crippen molar-refractivity contribution in [2.45, 2.75) is 0 Å². The molecule has 0 aromatic carbocycles. The van der Waals surface area contributed by atoms with E-state index in [1.807, 2.05) is 30.2 Å². The van der Waals surface area contributed by atoms with Gasteiger partial charge in [0, 0.05) is 52.5 Å². The van der Waals surface area contributed by atoms with E-state index in [9.17, 15) is 0 Å². The Morgan fingerprint density at radius 3 is 2.75 bits per heavy atom. The molecule has 20 heavy (non-hydrogen) atoms. The van der Waals surface area contributed by atoms with E-state index in [4.69, 9.17) is 0 Å². The van der Waals surface area contributed by atoms with Gasteiger partial charge in [0.15, 0.2) is 5.82 Å². The summed E-state index contributed by atoms with van der Waals surface area (Å²) in [6.07, 6.45) is 3.67. The average Bonchev–Trinajstić information content (AvgIpc) is 2.84. The summed E-state index contributed by atoms with van der Waals surface area (Å²) in [4.78, 5) is 13.7. The molecule has 0 aliphatic carbocycles. The van der Waals surface area contributed by atoms with Gasteiger partial charge in [0.2, 0.25) is 0 Å². The van der Waals surface area contributed by atoms with Gasteiger partial charge in [-0.1, -0.05) is 0 Å². The second-order valence-corrected chi connectivity index (χ2v) is 5.45. The summed E-state index contributed by atoms with van der Waals surface area (Å²) < 4.78 is 2.02. The van der Waals surface area contributed by atoms with Crippen molar-refractivity contribution >= 4 is 16.9 Å². The van der Waals surface area contributed by atoms with Gasteiger partial charge < -0.3 is 14.8 Å². The Bertz CT molecular complexity index is 570. The molecule has 0 atom stereocenters. The summed E-state index contributed by atoms with van der Waals surface area (Å²) in [6, 6.07) is 1.99. The lowest BCUT2D eigenvalue weighted by Crippen LogP contribution is -2.45. The van der Waals surface area contributed by atoms with E-state index in [1.54, 1.807) is 0 Å². The normalized spacial score (nSPS) is 17.7. The van der Waals surface area contributed by atoms with Crippen LogP contribution in [0.2, 0.25) is 0 Å². The molecule has 1 aliphatic heterocycles. The molecule has 0 saturated carbocycles. The summed E-state index contributed by atoms with van der Waals surface area (Å²) in [5.74, 6) is 0.886. The molecule has 3 rings (SSSR count). The Labute approximate surface area is 119 Å². The van der Waals surface area contributed by atoms with Crippen molar-refractivity contribution < 1.29 is 0 Å². The van der Waals surface area contributed by atoms with E-state index < -0.39 is 0 Å². The fourth-order valence-corrected chi connectivity index (χ4v) is 2.60. The highest BCUT2D eigenvalue weighted by Crippen LogP contribution is 2.18. The van der Waals surface area contributed by atoms with Crippen LogP contribution in [0.5, 0.6) is 0 Å². The van der Waals surface area contributed by atoms with Gasteiger partial charge in [0.25, 0.3) is 0 Å². The second kappa shape index (κ2) is 5.76. The number of piperazine rings is 1. The molecular weight excluding hydrogens is 252 g/mol. The standard InChI is InChI=1S/C14H22N6/c1-18-7-9-20(10-8-18)6-5-16-14-13-12(3-4-15-14)19(2)11-17-13/h3-4,11H,5-10H2,1-2H3,(H,15,16). The minimum atomic E-state index is 0.886. The van der Waals surface area contributed by atoms with Gasteiger partial charge in [-0.05, 0) is 13.1 Å². The van der Waals surface area contributed by atoms with Crippen LogP contribution >= 0.6 is 0 Å². The molecule has 0 radical (unpaired) electrons. The molecule has 1 aliphatic rings. The third kappa shape index (κ3) is 2.76. The first-order valence-corrected chi connectivity index (χ1v) is 7.15. The number of rotatable bonds is 4. The molecule has 6 nitrogen and oxygen atoms in total. The molecule has 0 amide bonds. The molecular formula is C14H22N6. The van der Waals surface area contributed by atoms with Crippen LogP contribution in [0, 0.1) is 0 Å². The van der Waals surface area contributed by atoms with Crippen molar-refractivity contribution in [1.82, 2.24) is 24.3 Å². The van der Waals surface area contributed by atoms with Gasteiger partial charge in [0.05, 0.1) is 11.8 Å². The minimum Gasteiger partial charge on any atom is -0.367 e. The third-order valence-electron chi connectivity index (χ3n) is 3.96. The zero-order chi connectivity index (χ0) is 13.9. The van der Waals surface area contributed by atoms with E-state index >= 15 is 0 Å². The number of aryl methyl sites for hydroxylation is 1. The number of hydrogen-bond donors (Lipinski definition) is 1. The lowest BCUT2D eigenvalue weighted by molar-refractivity contribution is 0.158. The van der Waals surface area contributed by atoms with Crippen molar-refractivity contribution in [3.63, 3.8) is 0 Å². The first kappa shape index (κ1) is 13.3. The molecule has 2 aromatic heterocycles. The number of nitrogens with one attached hydrogen (secondary N) is 1. The SMILES string of the molecule is CN1CCN(CCNc2nccc3c2ncn3C)CC1. The van der Waals surface area contributed by atoms with Crippen LogP contribution in [0.1, 0.15) is 0 Å². The first-order valence-electron chi connectivity index (χ1n) is 7.15. The van der Waals surface area contributed by atoms with Crippen molar-refractivity contribution in [3.05, 3.63) is 18.6 Å². The van der Waals surface area contributed by atoms with Crippen LogP contribution < -0.4 is 5.32 Å². The number of imidazole rings is 1. The van der Waals surface area contributed by atoms with Gasteiger partial charge in [-0.25, -0.2) is 9.97 Å². The Morgan fingerprint density at radius 1 is 1.15 bits per heavy atom. The Balaban J connectivity index is 1.57. The summed E-state index contributed by atoms with van der Waals surface area (Å²) in [5, 5.41) is 3.42. The summed E-state index contributed by atoms with van der Waals surface area (Å²) in [6.45, 7) is 6.59. The molecule has 0 spiro atoms. The Morgan fingerprint density at radius 2 is 1.95 bits per heavy atom. The topological polar surface area (TPSA) is 49.2 Å². The fraction of sp³-hybridized carbons (Fsp3) is 0.571. The lowest BCUT2D eigenvalue weighted by Gasteiger charge is -2.32. The van der Waals surface area contributed by atoms with Gasteiger partial charge in [-0.3, -0.25) is 4.90 Å². The van der Waals surface area contributed by atoms with Crippen molar-refractivity contribution in [1.29, 1.82) is 0 Å². The van der Waals surface area contributed by atoms with Gasteiger partial charge >= 0.3 is 0 Å². The second-order valence-electron chi connectivity index (χ2n) is 5.45. The van der Waals surface area contributed by atoms with E-state index in [0.29, 0.717) is 0 Å². The number of fused-ring (bicyclic) bond motifs is 1. The quantitative estimate of drug-likeness (QED) is 0.886. The Kier molecular flexibility index (Phi) is 3.84. The van der Waals surface area contributed by atoms with Gasteiger partial charge in [-0.2, -0.15) is 0 Å². The maximum absolute atomic E-state index is 4.41. The molecule has 1 fully saturated rings. The van der Waals surface area contributed by atoms with E-state index in [2.05, 4.69) is 32.1 Å². The van der Waals surface area contributed by atoms with Crippen LogP contribution in [0.4, 0.5) is 5.82 Å². The molecule has 6 heteroatoms. The van der Waals surface area contributed by atoms with Crippen molar-refractivity contribution in [3.8, 4) is 0 Å². The fourth-order valence-electron chi connectivity index (χ4n) is 2.60. The largest absolute Gasteiger partial charge is 0.367 e. The number of pyridine rings is 1. The number of anilines is 1. The van der Waals surface area contributed by atoms with Crippen LogP contribution in [-0.2, 0) is 7.05 Å². The predicted molar refractivity (Wildman–Crippen MR) is 80.9 cm³/mol. The van der Waals surface area contributed by atoms with E-state index in [1.165, 1.54) is 0 Å². The molecule has 1 N–H and O–H groups in total. The maximum Gasteiger partial charge on any atom is 0.154 e. The zero-order valence-corrected chi connectivity index (χ0v) is 12.2. The molecule has 3 heterocycles. The molecule has 0 bridgehead atoms. The lowest BCUT2D eigenvalue weighted by atomic mass is 10.3. The zero-order valence-electron chi connectivity index (χ0n) is 12.2. The molecule has 0 unspecified atom stereocenters. The average molecular weight is 274 g/mol. The number of aromatic nitrogens is 3. The number of nitrogens with zero attached hydrogens (tertiary/aromatic N) is 5. The Hall–Kier alpha value is -1.66. The van der Waals surface area contributed by atoms with Crippen molar-refractivity contribution in [2.24, 2.45) is 7.05 Å². The molecule has 1 saturated heterocycles. The van der Waals surface area contributed by atoms with Crippen molar-refractivity contribution in [2.75, 3.05) is 51.6 Å². The van der Waals surface area contributed by atoms with Gasteiger partial charge in [-0.15, -0.1) is 0 Å². The molecule has 2 aromatic rings. The van der Waals surface area contributed by atoms with Crippen LogP contribution in [0.3, 0.4) is 0 Å². The summed E-state index contributed by atoms with van der Waals surface area (Å²) in [5.41, 5.74) is 2.07. The minimum absolute atomic E-state index is 0.886. The highest BCUT2D eigenvalue weighted by molar-refractivity contribution is 5.85. The van der Waals surface area contributed by atoms with E-state index in [0.717, 1.165) is 56.1 Å². The number of hydrogen-bond acceptors (Lipinski definition) is 5. The van der Waals surface area contributed by atoms with Crippen LogP contribution in [0.15, 0.2) is 18.6 Å². The monoisotopic (exact) mass is 274 g/mol. The summed E-state index contributed by atoms with van der Waals surface area (Å²) in [7, 11) is 4.19. The van der Waals surface area contributed by atoms with E-state index in [-0.39, 0.29) is 0 Å². The highest BCUT2D eigenvalue weighted by Gasteiger charge is 2.13. The summed E-state index contributed by atoms with van der Waals surface area (Å²) >= 11 is 0. The smallest absolute Gasteiger partial charge is 0.154 e.